The minimum Gasteiger partial charge on any atom is -0.352 e. The maximum Gasteiger partial charge on any atom is 0.251 e. The number of aryl methyl sites for hydroxylation is 1. The van der Waals surface area contributed by atoms with Gasteiger partial charge >= 0.3 is 0 Å². The first-order valence-electron chi connectivity index (χ1n) is 12.9. The molecule has 0 aliphatic heterocycles. The highest BCUT2D eigenvalue weighted by Crippen LogP contribution is 2.18. The van der Waals surface area contributed by atoms with Crippen LogP contribution in [0.1, 0.15) is 59.0 Å². The Hall–Kier alpha value is -3.65. The largest absolute Gasteiger partial charge is 0.352 e. The molecule has 3 aromatic rings. The fourth-order valence-corrected chi connectivity index (χ4v) is 5.18. The number of anilines is 1. The minimum absolute atomic E-state index is 0.0563. The molecule has 0 bridgehead atoms. The molecule has 1 atom stereocenters. The number of benzene rings is 3. The van der Waals surface area contributed by atoms with Gasteiger partial charge in [-0.15, -0.1) is 0 Å². The van der Waals surface area contributed by atoms with Crippen molar-refractivity contribution in [2.24, 2.45) is 5.92 Å². The van der Waals surface area contributed by atoms with Gasteiger partial charge in [0.2, 0.25) is 10.0 Å². The highest BCUT2D eigenvalue weighted by atomic mass is 32.2. The molecule has 0 saturated carbocycles. The Morgan fingerprint density at radius 1 is 0.842 bits per heavy atom. The molecule has 0 radical (unpaired) electrons. The van der Waals surface area contributed by atoms with Crippen molar-refractivity contribution in [1.82, 2.24) is 10.6 Å². The van der Waals surface area contributed by atoms with Gasteiger partial charge < -0.3 is 10.6 Å². The summed E-state index contributed by atoms with van der Waals surface area (Å²) in [5, 5.41) is 5.98. The molecule has 0 heterocycles. The van der Waals surface area contributed by atoms with Crippen LogP contribution in [0.15, 0.2) is 78.9 Å². The normalized spacial score (nSPS) is 12.1. The molecule has 3 rings (SSSR count). The number of carbonyl (C=O) groups is 2. The third-order valence-corrected chi connectivity index (χ3v) is 7.32. The number of nitrogens with one attached hydrogen (secondary N) is 3. The smallest absolute Gasteiger partial charge is 0.251 e. The highest BCUT2D eigenvalue weighted by Gasteiger charge is 2.17. The van der Waals surface area contributed by atoms with Crippen molar-refractivity contribution >= 4 is 27.5 Å². The lowest BCUT2D eigenvalue weighted by Crippen LogP contribution is -2.34. The second-order valence-corrected chi connectivity index (χ2v) is 11.8. The summed E-state index contributed by atoms with van der Waals surface area (Å²) in [5.74, 6) is -0.0797. The minimum atomic E-state index is -3.51. The Kier molecular flexibility index (Phi) is 10.5. The zero-order valence-electron chi connectivity index (χ0n) is 22.2. The molecule has 1 unspecified atom stereocenters. The van der Waals surface area contributed by atoms with E-state index in [1.54, 1.807) is 36.4 Å². The summed E-state index contributed by atoms with van der Waals surface area (Å²) in [6.45, 7) is 6.53. The van der Waals surface area contributed by atoms with Crippen LogP contribution in [0.2, 0.25) is 0 Å². The second kappa shape index (κ2) is 13.8. The molecule has 0 fully saturated rings. The number of rotatable bonds is 13. The van der Waals surface area contributed by atoms with E-state index in [1.165, 1.54) is 0 Å². The molecular formula is C30H37N3O4S. The van der Waals surface area contributed by atoms with E-state index in [-0.39, 0.29) is 23.6 Å². The van der Waals surface area contributed by atoms with E-state index in [0.29, 0.717) is 48.5 Å². The van der Waals surface area contributed by atoms with Crippen LogP contribution in [-0.4, -0.2) is 38.6 Å². The summed E-state index contributed by atoms with van der Waals surface area (Å²) in [6, 6.07) is 23.4. The van der Waals surface area contributed by atoms with Crippen molar-refractivity contribution < 1.29 is 18.0 Å². The van der Waals surface area contributed by atoms with E-state index in [2.05, 4.69) is 15.4 Å². The molecule has 0 spiro atoms. The predicted octanol–water partition coefficient (Wildman–Crippen LogP) is 4.81. The standard InChI is InChI=1S/C30H37N3O4S/c1-22(2)21-31-30(35)28-20-24(19-23(3)32-29(34)26-11-6-4-7-12-26)16-17-25(28)13-10-18-38(36,37)33-27-14-8-5-9-15-27/h4-9,11-12,14-17,20,22-23,33H,10,13,18-19,21H2,1-3H3,(H,31,35)(H,32,34). The van der Waals surface area contributed by atoms with Gasteiger partial charge in [-0.05, 0) is 73.6 Å². The highest BCUT2D eigenvalue weighted by molar-refractivity contribution is 7.92. The van der Waals surface area contributed by atoms with E-state index in [1.807, 2.05) is 63.2 Å². The van der Waals surface area contributed by atoms with Crippen molar-refractivity contribution in [2.45, 2.75) is 46.1 Å². The summed E-state index contributed by atoms with van der Waals surface area (Å²) in [5.41, 5.74) is 3.38. The number of amides is 2. The fourth-order valence-electron chi connectivity index (χ4n) is 4.06. The van der Waals surface area contributed by atoms with Gasteiger partial charge in [-0.25, -0.2) is 8.42 Å². The molecule has 0 aliphatic carbocycles. The Morgan fingerprint density at radius 3 is 2.16 bits per heavy atom. The SMILES string of the molecule is CC(C)CNC(=O)c1cc(CC(C)NC(=O)c2ccccc2)ccc1CCCS(=O)(=O)Nc1ccccc1. The molecule has 38 heavy (non-hydrogen) atoms. The summed E-state index contributed by atoms with van der Waals surface area (Å²) < 4.78 is 27.6. The Balaban J connectivity index is 1.68. The maximum atomic E-state index is 13.1. The van der Waals surface area contributed by atoms with Gasteiger partial charge in [-0.1, -0.05) is 62.4 Å². The second-order valence-electron chi connectivity index (χ2n) is 9.93. The first kappa shape index (κ1) is 28.9. The zero-order chi connectivity index (χ0) is 27.5. The van der Waals surface area contributed by atoms with Crippen LogP contribution in [0.3, 0.4) is 0 Å². The molecule has 0 aromatic heterocycles. The summed E-state index contributed by atoms with van der Waals surface area (Å²) in [4.78, 5) is 25.6. The summed E-state index contributed by atoms with van der Waals surface area (Å²) >= 11 is 0. The first-order valence-corrected chi connectivity index (χ1v) is 14.6. The van der Waals surface area contributed by atoms with E-state index < -0.39 is 10.0 Å². The molecule has 2 amide bonds. The average molecular weight is 536 g/mol. The lowest BCUT2D eigenvalue weighted by atomic mass is 9.96. The van der Waals surface area contributed by atoms with Crippen LogP contribution in [0.5, 0.6) is 0 Å². The maximum absolute atomic E-state index is 13.1. The lowest BCUT2D eigenvalue weighted by Gasteiger charge is -2.17. The van der Waals surface area contributed by atoms with Crippen molar-refractivity contribution in [3.63, 3.8) is 0 Å². The van der Waals surface area contributed by atoms with Crippen molar-refractivity contribution in [2.75, 3.05) is 17.0 Å². The molecular weight excluding hydrogens is 498 g/mol. The van der Waals surface area contributed by atoms with Gasteiger partial charge in [0.25, 0.3) is 11.8 Å². The van der Waals surface area contributed by atoms with E-state index in [9.17, 15) is 18.0 Å². The lowest BCUT2D eigenvalue weighted by molar-refractivity contribution is 0.0933. The van der Waals surface area contributed by atoms with E-state index in [0.717, 1.165) is 11.1 Å². The Labute approximate surface area is 226 Å². The van der Waals surface area contributed by atoms with Crippen LogP contribution in [0, 0.1) is 5.92 Å². The number of sulfonamides is 1. The third kappa shape index (κ3) is 9.34. The monoisotopic (exact) mass is 535 g/mol. The van der Waals surface area contributed by atoms with Gasteiger partial charge in [-0.3, -0.25) is 14.3 Å². The van der Waals surface area contributed by atoms with Crippen LogP contribution in [0.4, 0.5) is 5.69 Å². The first-order chi connectivity index (χ1) is 18.1. The molecule has 3 N–H and O–H groups in total. The predicted molar refractivity (Wildman–Crippen MR) is 153 cm³/mol. The molecule has 0 saturated heterocycles. The van der Waals surface area contributed by atoms with Gasteiger partial charge in [0.1, 0.15) is 0 Å². The van der Waals surface area contributed by atoms with E-state index in [4.69, 9.17) is 0 Å². The Morgan fingerprint density at radius 2 is 1.50 bits per heavy atom. The summed E-state index contributed by atoms with van der Waals surface area (Å²) in [6.07, 6.45) is 1.37. The van der Waals surface area contributed by atoms with Crippen LogP contribution < -0.4 is 15.4 Å². The summed E-state index contributed by atoms with van der Waals surface area (Å²) in [7, 11) is -3.51. The van der Waals surface area contributed by atoms with Gasteiger partial charge in [-0.2, -0.15) is 0 Å². The van der Waals surface area contributed by atoms with Gasteiger partial charge in [0.05, 0.1) is 5.75 Å². The van der Waals surface area contributed by atoms with Crippen LogP contribution in [-0.2, 0) is 22.9 Å². The number of carbonyl (C=O) groups excluding carboxylic acids is 2. The van der Waals surface area contributed by atoms with E-state index >= 15 is 0 Å². The molecule has 0 aliphatic rings. The average Bonchev–Trinajstić information content (AvgIpc) is 2.88. The third-order valence-electron chi connectivity index (χ3n) is 5.95. The molecule has 7 nitrogen and oxygen atoms in total. The molecule has 3 aromatic carbocycles. The zero-order valence-corrected chi connectivity index (χ0v) is 23.1. The molecule has 8 heteroatoms. The van der Waals surface area contributed by atoms with Crippen molar-refractivity contribution in [3.8, 4) is 0 Å². The van der Waals surface area contributed by atoms with Gasteiger partial charge in [0.15, 0.2) is 0 Å². The number of hydrogen-bond donors (Lipinski definition) is 3. The van der Waals surface area contributed by atoms with Crippen molar-refractivity contribution in [3.05, 3.63) is 101 Å². The quantitative estimate of drug-likeness (QED) is 0.292. The van der Waals surface area contributed by atoms with Crippen LogP contribution in [0.25, 0.3) is 0 Å². The van der Waals surface area contributed by atoms with Gasteiger partial charge in [0, 0.05) is 29.4 Å². The van der Waals surface area contributed by atoms with Crippen molar-refractivity contribution in [1.29, 1.82) is 0 Å². The molecule has 202 valence electrons. The number of para-hydroxylation sites is 1. The van der Waals surface area contributed by atoms with Crippen LogP contribution >= 0.6 is 0 Å². The topological polar surface area (TPSA) is 104 Å². The Bertz CT molecular complexity index is 1310. The fraction of sp³-hybridized carbons (Fsp3) is 0.333. The number of hydrogen-bond acceptors (Lipinski definition) is 4.